The van der Waals surface area contributed by atoms with Crippen molar-refractivity contribution in [3.63, 3.8) is 0 Å². The van der Waals surface area contributed by atoms with Gasteiger partial charge in [0.1, 0.15) is 0 Å². The summed E-state index contributed by atoms with van der Waals surface area (Å²) in [7, 11) is 0. The van der Waals surface area contributed by atoms with E-state index in [4.69, 9.17) is 4.74 Å². The molecule has 1 fully saturated rings. The van der Waals surface area contributed by atoms with E-state index >= 15 is 0 Å². The van der Waals surface area contributed by atoms with E-state index in [2.05, 4.69) is 51.0 Å². The largest absolute Gasteiger partial charge is 0.466 e. The van der Waals surface area contributed by atoms with Gasteiger partial charge in [-0.2, -0.15) is 0 Å². The Kier molecular flexibility index (Phi) is 43.1. The molecule has 6 nitrogen and oxygen atoms in total. The van der Waals surface area contributed by atoms with Crippen LogP contribution in [0.1, 0.15) is 259 Å². The molecule has 1 rings (SSSR count). The molecule has 0 atom stereocenters. The van der Waals surface area contributed by atoms with Gasteiger partial charge in [0.15, 0.2) is 5.78 Å². The molecule has 1 amide bonds. The molecular formula is C53H102N2O4. The fourth-order valence-corrected chi connectivity index (χ4v) is 8.65. The zero-order valence-corrected chi connectivity index (χ0v) is 40.5. The molecule has 59 heavy (non-hydrogen) atoms. The van der Waals surface area contributed by atoms with Gasteiger partial charge in [-0.1, -0.05) is 202 Å². The highest BCUT2D eigenvalue weighted by Gasteiger charge is 2.19. The molecule has 1 aliphatic heterocycles. The van der Waals surface area contributed by atoms with Gasteiger partial charge in [0.2, 0.25) is 5.91 Å². The van der Waals surface area contributed by atoms with Gasteiger partial charge in [0.05, 0.1) is 13.2 Å². The Bertz CT molecular complexity index is 928. The predicted octanol–water partition coefficient (Wildman–Crippen LogP) is 15.4. The highest BCUT2D eigenvalue weighted by atomic mass is 16.5. The number of ketones is 1. The molecule has 0 aromatic heterocycles. The Hall–Kier alpha value is -1.69. The summed E-state index contributed by atoms with van der Waals surface area (Å²) in [5.74, 6) is 2.21. The van der Waals surface area contributed by atoms with Crippen molar-refractivity contribution in [2.75, 3.05) is 39.3 Å². The summed E-state index contributed by atoms with van der Waals surface area (Å²) < 4.78 is 5.56. The number of rotatable bonds is 42. The molecule has 6 heteroatoms. The summed E-state index contributed by atoms with van der Waals surface area (Å²) in [6.45, 7) is 19.9. The number of nitrogens with zero attached hydrogens (tertiary/aromatic N) is 2. The Morgan fingerprint density at radius 2 is 0.932 bits per heavy atom. The van der Waals surface area contributed by atoms with Crippen molar-refractivity contribution >= 4 is 17.7 Å². The topological polar surface area (TPSA) is 66.9 Å². The number of carbonyl (C=O) groups excluding carboxylic acids is 3. The molecule has 0 radical (unpaired) electrons. The lowest BCUT2D eigenvalue weighted by Crippen LogP contribution is -2.40. The minimum absolute atomic E-state index is 0.0375. The second-order valence-corrected chi connectivity index (χ2v) is 18.3. The minimum atomic E-state index is -0.0375. The van der Waals surface area contributed by atoms with E-state index in [0.29, 0.717) is 26.0 Å². The number of likely N-dealkylation sites (tertiary alicyclic amines) is 1. The van der Waals surface area contributed by atoms with Crippen molar-refractivity contribution < 1.29 is 19.1 Å². The van der Waals surface area contributed by atoms with Crippen LogP contribution >= 0.6 is 0 Å². The highest BCUT2D eigenvalue weighted by Crippen LogP contribution is 2.24. The molecule has 1 saturated heterocycles. The van der Waals surface area contributed by atoms with Crippen LogP contribution in [0.4, 0.5) is 0 Å². The first-order valence-corrected chi connectivity index (χ1v) is 26.2. The van der Waals surface area contributed by atoms with Gasteiger partial charge in [-0.15, -0.1) is 0 Å². The van der Waals surface area contributed by atoms with Crippen molar-refractivity contribution in [2.24, 2.45) is 11.8 Å². The number of allylic oxidation sites excluding steroid dienone is 1. The summed E-state index contributed by atoms with van der Waals surface area (Å²) in [5, 5.41) is 0. The van der Waals surface area contributed by atoms with Gasteiger partial charge in [-0.05, 0) is 82.4 Å². The number of amides is 1. The Morgan fingerprint density at radius 3 is 1.39 bits per heavy atom. The van der Waals surface area contributed by atoms with Crippen LogP contribution in [0.5, 0.6) is 0 Å². The Balaban J connectivity index is 0.00000189. The lowest BCUT2D eigenvalue weighted by atomic mass is 9.90. The minimum Gasteiger partial charge on any atom is -0.466 e. The van der Waals surface area contributed by atoms with Gasteiger partial charge in [-0.3, -0.25) is 19.3 Å². The van der Waals surface area contributed by atoms with Crippen molar-refractivity contribution in [3.05, 3.63) is 12.7 Å². The van der Waals surface area contributed by atoms with E-state index in [1.54, 1.807) is 0 Å². The maximum Gasteiger partial charge on any atom is 0.305 e. The van der Waals surface area contributed by atoms with Crippen molar-refractivity contribution in [3.8, 4) is 0 Å². The Labute approximate surface area is 368 Å². The van der Waals surface area contributed by atoms with Crippen LogP contribution in [0.2, 0.25) is 0 Å². The van der Waals surface area contributed by atoms with Gasteiger partial charge in [-0.25, -0.2) is 0 Å². The molecule has 1 heterocycles. The van der Waals surface area contributed by atoms with E-state index < -0.39 is 0 Å². The van der Waals surface area contributed by atoms with E-state index in [1.807, 2.05) is 0 Å². The van der Waals surface area contributed by atoms with Crippen LogP contribution in [0, 0.1) is 11.8 Å². The van der Waals surface area contributed by atoms with Crippen molar-refractivity contribution in [1.29, 1.82) is 0 Å². The van der Waals surface area contributed by atoms with Crippen LogP contribution in [-0.4, -0.2) is 66.8 Å². The zero-order valence-electron chi connectivity index (χ0n) is 40.5. The number of hydrogen-bond donors (Lipinski definition) is 0. The SMILES string of the molecule is C=CC(=O)CCCCCCCN(CCCCCCCC(=O)OCCCC(CCCCC)CCCCC)C(=O)CN1CCCC1.CCCCCC(CCCC)CCCCC. The van der Waals surface area contributed by atoms with Crippen molar-refractivity contribution in [1.82, 2.24) is 9.80 Å². The van der Waals surface area contributed by atoms with Gasteiger partial charge < -0.3 is 9.64 Å². The molecule has 0 aliphatic carbocycles. The fourth-order valence-electron chi connectivity index (χ4n) is 8.65. The molecule has 0 aromatic carbocycles. The summed E-state index contributed by atoms with van der Waals surface area (Å²) in [4.78, 5) is 41.1. The van der Waals surface area contributed by atoms with E-state index in [-0.39, 0.29) is 17.7 Å². The normalized spacial score (nSPS) is 12.9. The third kappa shape index (κ3) is 37.8. The summed E-state index contributed by atoms with van der Waals surface area (Å²) in [6, 6.07) is 0. The highest BCUT2D eigenvalue weighted by molar-refractivity contribution is 5.88. The molecule has 0 unspecified atom stereocenters. The second-order valence-electron chi connectivity index (χ2n) is 18.3. The number of esters is 1. The van der Waals surface area contributed by atoms with Gasteiger partial charge in [0.25, 0.3) is 0 Å². The molecular weight excluding hydrogens is 729 g/mol. The van der Waals surface area contributed by atoms with Crippen LogP contribution in [0.15, 0.2) is 12.7 Å². The van der Waals surface area contributed by atoms with E-state index in [0.717, 1.165) is 109 Å². The third-order valence-electron chi connectivity index (χ3n) is 12.6. The lowest BCUT2D eigenvalue weighted by molar-refractivity contribution is -0.144. The molecule has 0 saturated carbocycles. The monoisotopic (exact) mass is 831 g/mol. The maximum absolute atomic E-state index is 13.1. The molecule has 0 bridgehead atoms. The van der Waals surface area contributed by atoms with E-state index in [9.17, 15) is 14.4 Å². The van der Waals surface area contributed by atoms with E-state index in [1.165, 1.54) is 147 Å². The number of hydrogen-bond acceptors (Lipinski definition) is 5. The smallest absolute Gasteiger partial charge is 0.305 e. The van der Waals surface area contributed by atoms with Gasteiger partial charge >= 0.3 is 5.97 Å². The molecule has 348 valence electrons. The van der Waals surface area contributed by atoms with Crippen LogP contribution < -0.4 is 0 Å². The second kappa shape index (κ2) is 44.4. The lowest BCUT2D eigenvalue weighted by Gasteiger charge is -2.25. The third-order valence-corrected chi connectivity index (χ3v) is 12.6. The Morgan fingerprint density at radius 1 is 0.525 bits per heavy atom. The first kappa shape index (κ1) is 57.3. The van der Waals surface area contributed by atoms with Gasteiger partial charge in [0, 0.05) is 25.9 Å². The summed E-state index contributed by atoms with van der Waals surface area (Å²) >= 11 is 0. The standard InChI is InChI=1S/C38H70N2O4.C15H32/c1-4-7-15-24-35(25-16-8-5-2)26-23-33-44-38(43)28-18-12-10-14-20-32-40(37(42)34-39-29-21-22-30-39)31-19-13-9-11-17-27-36(41)6-3;1-4-7-10-13-15(12-9-6-3)14-11-8-5-2/h6,35H,3-5,7-34H2,1-2H3;15H,4-14H2,1-3H3. The molecule has 0 N–H and O–H groups in total. The predicted molar refractivity (Wildman–Crippen MR) is 256 cm³/mol. The van der Waals surface area contributed by atoms with Crippen LogP contribution in [-0.2, 0) is 19.1 Å². The average molecular weight is 831 g/mol. The first-order chi connectivity index (χ1) is 28.8. The molecule has 0 spiro atoms. The first-order valence-electron chi connectivity index (χ1n) is 26.2. The number of unbranched alkanes of at least 4 members (excludes halogenated alkanes) is 17. The number of carbonyl (C=O) groups is 3. The summed E-state index contributed by atoms with van der Waals surface area (Å²) in [6.07, 6.45) is 43.9. The zero-order chi connectivity index (χ0) is 43.4. The fraction of sp³-hybridized carbons (Fsp3) is 0.906. The maximum atomic E-state index is 13.1. The van der Waals surface area contributed by atoms with Crippen LogP contribution in [0.3, 0.4) is 0 Å². The summed E-state index contributed by atoms with van der Waals surface area (Å²) in [5.41, 5.74) is 0. The molecule has 1 aliphatic rings. The van der Waals surface area contributed by atoms with Crippen molar-refractivity contribution in [2.45, 2.75) is 259 Å². The molecule has 0 aromatic rings. The van der Waals surface area contributed by atoms with Crippen LogP contribution in [0.25, 0.3) is 0 Å². The number of ether oxygens (including phenoxy) is 1. The average Bonchev–Trinajstić information content (AvgIpc) is 3.75. The quantitative estimate of drug-likeness (QED) is 0.0348.